The molecular formula is C13H20N8O4S2. The molecule has 1 fully saturated rings. The predicted molar refractivity (Wildman–Crippen MR) is 97.3 cm³/mol. The lowest BCUT2D eigenvalue weighted by Crippen LogP contribution is -2.46. The van der Waals surface area contributed by atoms with Crippen molar-refractivity contribution in [3.63, 3.8) is 0 Å². The van der Waals surface area contributed by atoms with Gasteiger partial charge in [0.2, 0.25) is 15.8 Å². The van der Waals surface area contributed by atoms with Crippen LogP contribution in [0.4, 0.5) is 5.69 Å². The zero-order chi connectivity index (χ0) is 19.8. The molecule has 12 nitrogen and oxygen atoms in total. The molecule has 0 spiro atoms. The van der Waals surface area contributed by atoms with Crippen molar-refractivity contribution in [1.29, 1.82) is 0 Å². The summed E-state index contributed by atoms with van der Waals surface area (Å²) in [6, 6.07) is 2.87. The molecule has 2 aromatic rings. The lowest BCUT2D eigenvalue weighted by atomic mass is 10.0. The van der Waals surface area contributed by atoms with Crippen molar-refractivity contribution in [3.8, 4) is 11.4 Å². The van der Waals surface area contributed by atoms with E-state index in [-0.39, 0.29) is 27.8 Å². The Morgan fingerprint density at radius 3 is 2.74 bits per heavy atom. The molecule has 14 heteroatoms. The number of aromatic nitrogens is 4. The van der Waals surface area contributed by atoms with Gasteiger partial charge in [-0.15, -0.1) is 10.2 Å². The summed E-state index contributed by atoms with van der Waals surface area (Å²) in [6.45, 7) is 0.600. The van der Waals surface area contributed by atoms with Crippen LogP contribution in [-0.2, 0) is 21.0 Å². The Morgan fingerprint density at radius 2 is 2.22 bits per heavy atom. The van der Waals surface area contributed by atoms with Crippen molar-refractivity contribution >= 4 is 26.7 Å². The fourth-order valence-corrected chi connectivity index (χ4v) is 5.10. The van der Waals surface area contributed by atoms with Crippen molar-refractivity contribution in [1.82, 2.24) is 25.3 Å². The highest BCUT2D eigenvalue weighted by molar-refractivity contribution is 7.90. The number of hydrogen-bond acceptors (Lipinski definition) is 9. The van der Waals surface area contributed by atoms with E-state index in [0.717, 1.165) is 0 Å². The smallest absolute Gasteiger partial charge is 0.241 e. The van der Waals surface area contributed by atoms with E-state index in [0.29, 0.717) is 25.2 Å². The summed E-state index contributed by atoms with van der Waals surface area (Å²) in [6.07, 6.45) is 0.521. The van der Waals surface area contributed by atoms with E-state index < -0.39 is 26.5 Å². The minimum atomic E-state index is -3.95. The number of aliphatic hydroxyl groups is 1. The van der Waals surface area contributed by atoms with Crippen molar-refractivity contribution in [2.24, 2.45) is 10.9 Å². The van der Waals surface area contributed by atoms with Gasteiger partial charge in [-0.1, -0.05) is 0 Å². The zero-order valence-electron chi connectivity index (χ0n) is 14.4. The molecule has 1 aromatic carbocycles. The fourth-order valence-electron chi connectivity index (χ4n) is 3.05. The van der Waals surface area contributed by atoms with E-state index in [2.05, 4.69) is 25.3 Å². The van der Waals surface area contributed by atoms with Crippen LogP contribution in [0.3, 0.4) is 0 Å². The second-order valence-corrected chi connectivity index (χ2v) is 9.08. The third-order valence-corrected chi connectivity index (χ3v) is 6.88. The molecule has 2 unspecified atom stereocenters. The number of tetrazole rings is 1. The van der Waals surface area contributed by atoms with Gasteiger partial charge in [0.25, 0.3) is 0 Å². The summed E-state index contributed by atoms with van der Waals surface area (Å²) >= 11 is 0. The van der Waals surface area contributed by atoms with E-state index in [4.69, 9.17) is 10.9 Å². The van der Waals surface area contributed by atoms with E-state index >= 15 is 0 Å². The van der Waals surface area contributed by atoms with Gasteiger partial charge in [-0.3, -0.25) is 0 Å². The molecule has 2 heterocycles. The van der Waals surface area contributed by atoms with Crippen molar-refractivity contribution in [2.75, 3.05) is 31.6 Å². The van der Waals surface area contributed by atoms with E-state index in [9.17, 15) is 17.7 Å². The number of aromatic amines is 1. The van der Waals surface area contributed by atoms with Gasteiger partial charge < -0.3 is 15.7 Å². The van der Waals surface area contributed by atoms with E-state index in [1.54, 1.807) is 6.07 Å². The quantitative estimate of drug-likeness (QED) is 0.343. The Balaban J connectivity index is 2.27. The SMILES string of the molecule is CNS(=O)(=O)c1ccc(N2CCC(N)(CO)C2)c(-c2nn[nH]n2)c1S(N)=O. The van der Waals surface area contributed by atoms with Crippen LogP contribution in [0.25, 0.3) is 11.4 Å². The van der Waals surface area contributed by atoms with Crippen molar-refractivity contribution < 1.29 is 17.7 Å². The third kappa shape index (κ3) is 3.59. The zero-order valence-corrected chi connectivity index (χ0v) is 16.0. The lowest BCUT2D eigenvalue weighted by molar-refractivity contribution is 0.210. The predicted octanol–water partition coefficient (Wildman–Crippen LogP) is -2.34. The summed E-state index contributed by atoms with van der Waals surface area (Å²) in [5.41, 5.74) is 6.03. The topological polar surface area (TPSA) is 193 Å². The molecule has 27 heavy (non-hydrogen) atoms. The molecule has 148 valence electrons. The van der Waals surface area contributed by atoms with Gasteiger partial charge in [-0.05, 0) is 30.8 Å². The van der Waals surface area contributed by atoms with E-state index in [1.165, 1.54) is 13.1 Å². The first-order valence-electron chi connectivity index (χ1n) is 7.87. The summed E-state index contributed by atoms with van der Waals surface area (Å²) in [7, 11) is -4.87. The first-order valence-corrected chi connectivity index (χ1v) is 10.6. The Bertz CT molecular complexity index is 965. The summed E-state index contributed by atoms with van der Waals surface area (Å²) in [5, 5.41) is 28.8. The Morgan fingerprint density at radius 1 is 1.48 bits per heavy atom. The molecule has 1 saturated heterocycles. The summed E-state index contributed by atoms with van der Waals surface area (Å²) in [5.74, 6) is 0.0467. The van der Waals surface area contributed by atoms with Crippen LogP contribution in [0, 0.1) is 0 Å². The minimum Gasteiger partial charge on any atom is -0.394 e. The van der Waals surface area contributed by atoms with Crippen LogP contribution < -0.4 is 20.5 Å². The molecule has 3 rings (SSSR count). The molecular weight excluding hydrogens is 396 g/mol. The number of hydrogen-bond donors (Lipinski definition) is 5. The first kappa shape index (κ1) is 19.8. The van der Waals surface area contributed by atoms with Gasteiger partial charge in [0.1, 0.15) is 15.9 Å². The number of H-pyrrole nitrogens is 1. The monoisotopic (exact) mass is 416 g/mol. The Kier molecular flexibility index (Phi) is 5.29. The number of nitrogens with two attached hydrogens (primary N) is 2. The molecule has 0 radical (unpaired) electrons. The Labute approximate surface area is 157 Å². The molecule has 7 N–H and O–H groups in total. The highest BCUT2D eigenvalue weighted by Gasteiger charge is 2.37. The normalized spacial score (nSPS) is 21.6. The molecule has 2 atom stereocenters. The maximum Gasteiger partial charge on any atom is 0.241 e. The van der Waals surface area contributed by atoms with Crippen LogP contribution in [0.15, 0.2) is 21.9 Å². The minimum absolute atomic E-state index is 0.0467. The number of sulfonamides is 1. The number of benzene rings is 1. The van der Waals surface area contributed by atoms with Crippen LogP contribution in [0.2, 0.25) is 0 Å². The van der Waals surface area contributed by atoms with Crippen LogP contribution in [0.5, 0.6) is 0 Å². The highest BCUT2D eigenvalue weighted by atomic mass is 32.2. The average molecular weight is 416 g/mol. The average Bonchev–Trinajstić information content (AvgIpc) is 3.30. The maximum atomic E-state index is 12.4. The largest absolute Gasteiger partial charge is 0.394 e. The molecule has 0 saturated carbocycles. The van der Waals surface area contributed by atoms with E-state index in [1.807, 2.05) is 4.90 Å². The fraction of sp³-hybridized carbons (Fsp3) is 0.462. The lowest BCUT2D eigenvalue weighted by Gasteiger charge is -2.26. The molecule has 0 amide bonds. The molecule has 0 bridgehead atoms. The second-order valence-electron chi connectivity index (χ2n) is 6.22. The van der Waals surface area contributed by atoms with Gasteiger partial charge in [0, 0.05) is 18.8 Å². The van der Waals surface area contributed by atoms with Gasteiger partial charge >= 0.3 is 0 Å². The summed E-state index contributed by atoms with van der Waals surface area (Å²) < 4.78 is 39.3. The number of anilines is 1. The number of aliphatic hydroxyl groups excluding tert-OH is 1. The van der Waals surface area contributed by atoms with Crippen LogP contribution in [-0.4, -0.2) is 70.6 Å². The third-order valence-electron chi connectivity index (χ3n) is 4.47. The van der Waals surface area contributed by atoms with Gasteiger partial charge in [-0.25, -0.2) is 22.5 Å². The van der Waals surface area contributed by atoms with Gasteiger partial charge in [0.05, 0.1) is 22.6 Å². The van der Waals surface area contributed by atoms with Gasteiger partial charge in [0.15, 0.2) is 0 Å². The first-order chi connectivity index (χ1) is 12.7. The van der Waals surface area contributed by atoms with Crippen LogP contribution in [0.1, 0.15) is 6.42 Å². The van der Waals surface area contributed by atoms with Gasteiger partial charge in [-0.2, -0.15) is 5.21 Å². The second kappa shape index (κ2) is 7.21. The molecule has 0 aliphatic carbocycles. The number of nitrogens with one attached hydrogen (secondary N) is 2. The Hall–Kier alpha value is -1.97. The standard InChI is InChI=1S/C13H20N8O4S2/c1-16-27(24,25)9-3-2-8(21-5-4-13(14,6-21)7-22)10(11(9)26(15)23)12-17-19-20-18-12/h2-3,16,22H,4-7,14-15H2,1H3,(H,17,18,19,20). The number of nitrogens with zero attached hydrogens (tertiary/aromatic N) is 4. The maximum absolute atomic E-state index is 12.4. The molecule has 1 aliphatic heterocycles. The molecule has 1 aromatic heterocycles. The number of rotatable bonds is 6. The van der Waals surface area contributed by atoms with Crippen molar-refractivity contribution in [3.05, 3.63) is 12.1 Å². The van der Waals surface area contributed by atoms with Crippen LogP contribution >= 0.6 is 0 Å². The summed E-state index contributed by atoms with van der Waals surface area (Å²) in [4.78, 5) is 1.46. The molecule has 1 aliphatic rings. The highest BCUT2D eigenvalue weighted by Crippen LogP contribution is 2.39. The van der Waals surface area contributed by atoms with Crippen molar-refractivity contribution in [2.45, 2.75) is 21.8 Å².